The molecule has 0 spiro atoms. The van der Waals surface area contributed by atoms with Gasteiger partial charge in [-0.25, -0.2) is 4.39 Å². The minimum Gasteiger partial charge on any atom is -0.329 e. The number of halogens is 2. The first-order valence-corrected chi connectivity index (χ1v) is 5.81. The zero-order chi connectivity index (χ0) is 12.1. The Balaban J connectivity index is 2.81. The van der Waals surface area contributed by atoms with Crippen molar-refractivity contribution in [2.24, 2.45) is 5.73 Å². The molecule has 0 aliphatic carbocycles. The third-order valence-electron chi connectivity index (χ3n) is 2.55. The van der Waals surface area contributed by atoms with E-state index in [2.05, 4.69) is 18.7 Å². The first-order chi connectivity index (χ1) is 7.56. The third-order valence-corrected chi connectivity index (χ3v) is 2.84. The summed E-state index contributed by atoms with van der Waals surface area (Å²) in [6.45, 7) is 6.00. The maximum Gasteiger partial charge on any atom is 0.146 e. The number of hydrogen-bond acceptors (Lipinski definition) is 2. The van der Waals surface area contributed by atoms with E-state index >= 15 is 0 Å². The molecular weight excluding hydrogens is 227 g/mol. The lowest BCUT2D eigenvalue weighted by molar-refractivity contribution is 0.216. The largest absolute Gasteiger partial charge is 0.329 e. The Kier molecular flexibility index (Phi) is 5.19. The predicted molar refractivity (Wildman–Crippen MR) is 66.0 cm³/mol. The Labute approximate surface area is 101 Å². The lowest BCUT2D eigenvalue weighted by Gasteiger charge is -2.26. The molecule has 0 aliphatic rings. The summed E-state index contributed by atoms with van der Waals surface area (Å²) in [4.78, 5) is 2.12. The number of benzene rings is 1. The normalized spacial score (nSPS) is 11.4. The van der Waals surface area contributed by atoms with Gasteiger partial charge >= 0.3 is 0 Å². The quantitative estimate of drug-likeness (QED) is 0.863. The second kappa shape index (κ2) is 6.18. The first kappa shape index (κ1) is 13.4. The molecule has 0 unspecified atom stereocenters. The zero-order valence-electron chi connectivity index (χ0n) is 9.71. The Bertz CT molecular complexity index is 342. The Morgan fingerprint density at radius 1 is 1.44 bits per heavy atom. The average Bonchev–Trinajstić information content (AvgIpc) is 2.23. The number of nitrogens with two attached hydrogens (primary N) is 1. The molecule has 0 saturated carbocycles. The summed E-state index contributed by atoms with van der Waals surface area (Å²) in [7, 11) is 0. The molecule has 1 aromatic rings. The van der Waals surface area contributed by atoms with Crippen molar-refractivity contribution < 1.29 is 4.39 Å². The van der Waals surface area contributed by atoms with Crippen molar-refractivity contribution in [3.8, 4) is 0 Å². The highest BCUT2D eigenvalue weighted by molar-refractivity contribution is 6.30. The van der Waals surface area contributed by atoms with E-state index in [9.17, 15) is 4.39 Å². The monoisotopic (exact) mass is 244 g/mol. The van der Waals surface area contributed by atoms with E-state index in [1.165, 1.54) is 0 Å². The van der Waals surface area contributed by atoms with Crippen LogP contribution in [-0.4, -0.2) is 24.0 Å². The van der Waals surface area contributed by atoms with Crippen LogP contribution in [0.25, 0.3) is 0 Å². The van der Waals surface area contributed by atoms with Crippen LogP contribution in [0.2, 0.25) is 5.02 Å². The van der Waals surface area contributed by atoms with Crippen LogP contribution < -0.4 is 5.73 Å². The summed E-state index contributed by atoms with van der Waals surface area (Å²) >= 11 is 5.74. The molecule has 0 bridgehead atoms. The van der Waals surface area contributed by atoms with Gasteiger partial charge in [-0.15, -0.1) is 0 Å². The van der Waals surface area contributed by atoms with Gasteiger partial charge in [-0.3, -0.25) is 4.90 Å². The SMILES string of the molecule is CC(C)N(CCN)Cc1cccc(Cl)c1F. The Morgan fingerprint density at radius 3 is 2.69 bits per heavy atom. The van der Waals surface area contributed by atoms with Gasteiger partial charge in [-0.2, -0.15) is 0 Å². The number of hydrogen-bond donors (Lipinski definition) is 1. The lowest BCUT2D eigenvalue weighted by Crippen LogP contribution is -2.35. The van der Waals surface area contributed by atoms with Gasteiger partial charge in [-0.05, 0) is 19.9 Å². The van der Waals surface area contributed by atoms with E-state index in [-0.39, 0.29) is 10.8 Å². The molecule has 0 saturated heterocycles. The summed E-state index contributed by atoms with van der Waals surface area (Å²) in [5.41, 5.74) is 6.15. The van der Waals surface area contributed by atoms with E-state index in [1.54, 1.807) is 18.2 Å². The highest BCUT2D eigenvalue weighted by Crippen LogP contribution is 2.19. The summed E-state index contributed by atoms with van der Waals surface area (Å²) in [6, 6.07) is 5.42. The topological polar surface area (TPSA) is 29.3 Å². The second-order valence-electron chi connectivity index (χ2n) is 4.07. The van der Waals surface area contributed by atoms with Crippen LogP contribution in [0.5, 0.6) is 0 Å². The van der Waals surface area contributed by atoms with Gasteiger partial charge in [0.05, 0.1) is 5.02 Å². The molecule has 0 amide bonds. The summed E-state index contributed by atoms with van der Waals surface area (Å²) in [5, 5.41) is 0.175. The predicted octanol–water partition coefficient (Wildman–Crippen LogP) is 2.65. The van der Waals surface area contributed by atoms with Crippen LogP contribution in [0.4, 0.5) is 4.39 Å². The van der Waals surface area contributed by atoms with Gasteiger partial charge < -0.3 is 5.73 Å². The van der Waals surface area contributed by atoms with Gasteiger partial charge in [0.1, 0.15) is 5.82 Å². The van der Waals surface area contributed by atoms with Crippen molar-refractivity contribution in [2.45, 2.75) is 26.4 Å². The molecule has 1 rings (SSSR count). The summed E-state index contributed by atoms with van der Waals surface area (Å²) in [5.74, 6) is -0.327. The van der Waals surface area contributed by atoms with Crippen molar-refractivity contribution in [1.29, 1.82) is 0 Å². The van der Waals surface area contributed by atoms with Crippen LogP contribution in [0.1, 0.15) is 19.4 Å². The molecule has 1 aromatic carbocycles. The average molecular weight is 245 g/mol. The van der Waals surface area contributed by atoms with Gasteiger partial charge in [0.15, 0.2) is 0 Å². The van der Waals surface area contributed by atoms with E-state index in [0.717, 1.165) is 6.54 Å². The molecule has 2 N–H and O–H groups in total. The van der Waals surface area contributed by atoms with Gasteiger partial charge in [0, 0.05) is 31.2 Å². The van der Waals surface area contributed by atoms with Crippen LogP contribution in [0, 0.1) is 5.82 Å². The molecule has 0 radical (unpaired) electrons. The summed E-state index contributed by atoms with van der Waals surface area (Å²) < 4.78 is 13.7. The molecule has 4 heteroatoms. The standard InChI is InChI=1S/C12H18ClFN2/c1-9(2)16(7-6-15)8-10-4-3-5-11(13)12(10)14/h3-5,9H,6-8,15H2,1-2H3. The van der Waals surface area contributed by atoms with Gasteiger partial charge in [0.2, 0.25) is 0 Å². The Morgan fingerprint density at radius 2 is 2.12 bits per heavy atom. The smallest absolute Gasteiger partial charge is 0.146 e. The molecule has 0 fully saturated rings. The fourth-order valence-corrected chi connectivity index (χ4v) is 1.77. The Hall–Kier alpha value is -0.640. The maximum atomic E-state index is 13.7. The fourth-order valence-electron chi connectivity index (χ4n) is 1.58. The van der Waals surface area contributed by atoms with Crippen molar-refractivity contribution >= 4 is 11.6 Å². The van der Waals surface area contributed by atoms with Gasteiger partial charge in [-0.1, -0.05) is 23.7 Å². The highest BCUT2D eigenvalue weighted by Gasteiger charge is 2.13. The first-order valence-electron chi connectivity index (χ1n) is 5.43. The summed E-state index contributed by atoms with van der Waals surface area (Å²) in [6.07, 6.45) is 0. The third kappa shape index (κ3) is 3.44. The minimum absolute atomic E-state index is 0.175. The van der Waals surface area contributed by atoms with E-state index in [0.29, 0.717) is 24.7 Å². The molecule has 90 valence electrons. The van der Waals surface area contributed by atoms with Crippen molar-refractivity contribution in [3.05, 3.63) is 34.6 Å². The molecule has 0 heterocycles. The van der Waals surface area contributed by atoms with Crippen LogP contribution >= 0.6 is 11.6 Å². The van der Waals surface area contributed by atoms with Crippen LogP contribution in [0.15, 0.2) is 18.2 Å². The van der Waals surface area contributed by atoms with Gasteiger partial charge in [0.25, 0.3) is 0 Å². The molecule has 16 heavy (non-hydrogen) atoms. The molecule has 0 aromatic heterocycles. The van der Waals surface area contributed by atoms with E-state index in [1.807, 2.05) is 0 Å². The fraction of sp³-hybridized carbons (Fsp3) is 0.500. The van der Waals surface area contributed by atoms with Crippen LogP contribution in [-0.2, 0) is 6.54 Å². The number of rotatable bonds is 5. The van der Waals surface area contributed by atoms with Crippen molar-refractivity contribution in [3.63, 3.8) is 0 Å². The number of nitrogens with zero attached hydrogens (tertiary/aromatic N) is 1. The van der Waals surface area contributed by atoms with E-state index in [4.69, 9.17) is 17.3 Å². The van der Waals surface area contributed by atoms with Crippen LogP contribution in [0.3, 0.4) is 0 Å². The van der Waals surface area contributed by atoms with E-state index < -0.39 is 0 Å². The van der Waals surface area contributed by atoms with Crippen molar-refractivity contribution in [1.82, 2.24) is 4.90 Å². The minimum atomic E-state index is -0.327. The van der Waals surface area contributed by atoms with Crippen molar-refractivity contribution in [2.75, 3.05) is 13.1 Å². The molecule has 0 aliphatic heterocycles. The molecule has 2 nitrogen and oxygen atoms in total. The zero-order valence-corrected chi connectivity index (χ0v) is 10.5. The second-order valence-corrected chi connectivity index (χ2v) is 4.47. The molecule has 0 atom stereocenters. The lowest BCUT2D eigenvalue weighted by atomic mass is 10.1. The highest BCUT2D eigenvalue weighted by atomic mass is 35.5. The maximum absolute atomic E-state index is 13.7. The molecular formula is C12H18ClFN2.